The van der Waals surface area contributed by atoms with Crippen LogP contribution < -0.4 is 10.6 Å². The van der Waals surface area contributed by atoms with E-state index < -0.39 is 0 Å². The molecule has 1 atom stereocenters. The lowest BCUT2D eigenvalue weighted by Gasteiger charge is -2.43. The Morgan fingerprint density at radius 3 is 2.44 bits per heavy atom. The predicted octanol–water partition coefficient (Wildman–Crippen LogP) is 1.79. The van der Waals surface area contributed by atoms with Crippen molar-refractivity contribution < 1.29 is 9.90 Å². The van der Waals surface area contributed by atoms with Crippen molar-refractivity contribution in [3.8, 4) is 0 Å². The summed E-state index contributed by atoms with van der Waals surface area (Å²) in [6, 6.07) is 12.2. The molecule has 3 heterocycles. The summed E-state index contributed by atoms with van der Waals surface area (Å²) in [5.74, 6) is 0. The zero-order valence-corrected chi connectivity index (χ0v) is 15.2. The largest absolute Gasteiger partial charge is 0.392 e. The molecule has 2 saturated heterocycles. The Balaban J connectivity index is 1.20. The summed E-state index contributed by atoms with van der Waals surface area (Å²) in [4.78, 5) is 20.4. The van der Waals surface area contributed by atoms with Gasteiger partial charge in [-0.1, -0.05) is 12.1 Å². The minimum absolute atomic E-state index is 0.0232. The van der Waals surface area contributed by atoms with Crippen LogP contribution in [0.2, 0.25) is 0 Å². The smallest absolute Gasteiger partial charge is 0.317 e. The predicted molar refractivity (Wildman–Crippen MR) is 104 cm³/mol. The van der Waals surface area contributed by atoms with Crippen LogP contribution in [-0.4, -0.2) is 64.2 Å². The van der Waals surface area contributed by atoms with E-state index in [1.165, 1.54) is 0 Å². The van der Waals surface area contributed by atoms with Gasteiger partial charge >= 0.3 is 6.03 Å². The van der Waals surface area contributed by atoms with Gasteiger partial charge in [0.15, 0.2) is 0 Å². The number of nitrogens with zero attached hydrogens (tertiary/aromatic N) is 3. The number of carbonyl (C=O) groups excluding carboxylic acids is 1. The molecule has 0 aliphatic carbocycles. The Bertz CT molecular complexity index is 762. The summed E-state index contributed by atoms with van der Waals surface area (Å²) in [7, 11) is 0. The molecular formula is C20H25N5O2. The molecule has 1 aromatic heterocycles. The average molecular weight is 367 g/mol. The Morgan fingerprint density at radius 2 is 1.78 bits per heavy atom. The first-order valence-corrected chi connectivity index (χ1v) is 9.38. The number of hydrogen-bond donors (Lipinski definition) is 3. The highest BCUT2D eigenvalue weighted by atomic mass is 16.3. The molecule has 0 radical (unpaired) electrons. The number of pyridine rings is 1. The number of β-amino-alcohol motifs (C(OH)–C–C–N with tert-alkyl or cyclic N) is 1. The van der Waals surface area contributed by atoms with Gasteiger partial charge < -0.3 is 20.6 Å². The molecule has 2 aliphatic heterocycles. The van der Waals surface area contributed by atoms with E-state index in [4.69, 9.17) is 0 Å². The molecule has 0 saturated carbocycles. The van der Waals surface area contributed by atoms with Crippen LogP contribution in [0, 0.1) is 0 Å². The topological polar surface area (TPSA) is 80.7 Å². The van der Waals surface area contributed by atoms with Crippen molar-refractivity contribution in [2.24, 2.45) is 0 Å². The Hall–Kier alpha value is -2.64. The number of rotatable bonds is 5. The second kappa shape index (κ2) is 7.94. The number of nitrogens with one attached hydrogen (secondary N) is 2. The molecule has 27 heavy (non-hydrogen) atoms. The Morgan fingerprint density at radius 1 is 1.07 bits per heavy atom. The second-order valence-electron chi connectivity index (χ2n) is 7.21. The SMILES string of the molecule is O=C(NCc1ccc(Nc2ccncc2)cc1)N1CC(N2CC[C@@H](O)C2)C1. The summed E-state index contributed by atoms with van der Waals surface area (Å²) in [6.07, 6.45) is 4.13. The number of hydrogen-bond acceptors (Lipinski definition) is 5. The van der Waals surface area contributed by atoms with E-state index in [0.717, 1.165) is 49.5 Å². The lowest BCUT2D eigenvalue weighted by molar-refractivity contribution is 0.0619. The fourth-order valence-corrected chi connectivity index (χ4v) is 3.55. The molecule has 0 unspecified atom stereocenters. The summed E-state index contributed by atoms with van der Waals surface area (Å²) in [5.41, 5.74) is 3.04. The van der Waals surface area contributed by atoms with Gasteiger partial charge in [-0.2, -0.15) is 0 Å². The third-order valence-electron chi connectivity index (χ3n) is 5.23. The number of amides is 2. The van der Waals surface area contributed by atoms with Gasteiger partial charge in [-0.3, -0.25) is 9.88 Å². The molecule has 0 spiro atoms. The highest BCUT2D eigenvalue weighted by Crippen LogP contribution is 2.20. The van der Waals surface area contributed by atoms with Crippen molar-refractivity contribution in [1.29, 1.82) is 0 Å². The van der Waals surface area contributed by atoms with Crippen molar-refractivity contribution in [3.63, 3.8) is 0 Å². The van der Waals surface area contributed by atoms with Crippen LogP contribution in [0.25, 0.3) is 0 Å². The number of urea groups is 1. The standard InChI is InChI=1S/C20H25N5O2/c26-19-7-10-24(14-19)18-12-25(13-18)20(27)22-11-15-1-3-16(4-2-15)23-17-5-8-21-9-6-17/h1-6,8-9,18-19,26H,7,10-14H2,(H,21,23)(H,22,27)/t19-/m1/s1. The van der Waals surface area contributed by atoms with Gasteiger partial charge in [0, 0.05) is 62.5 Å². The fraction of sp³-hybridized carbons (Fsp3) is 0.400. The Kier molecular flexibility index (Phi) is 5.22. The van der Waals surface area contributed by atoms with Gasteiger partial charge in [-0.15, -0.1) is 0 Å². The van der Waals surface area contributed by atoms with Crippen LogP contribution in [0.3, 0.4) is 0 Å². The van der Waals surface area contributed by atoms with E-state index in [2.05, 4.69) is 20.5 Å². The lowest BCUT2D eigenvalue weighted by Crippen LogP contribution is -2.62. The molecule has 2 aliphatic rings. The van der Waals surface area contributed by atoms with Crippen LogP contribution >= 0.6 is 0 Å². The molecule has 2 fully saturated rings. The monoisotopic (exact) mass is 367 g/mol. The van der Waals surface area contributed by atoms with Gasteiger partial charge in [0.25, 0.3) is 0 Å². The maximum absolute atomic E-state index is 12.3. The van der Waals surface area contributed by atoms with Gasteiger partial charge in [0.05, 0.1) is 6.10 Å². The maximum atomic E-state index is 12.3. The van der Waals surface area contributed by atoms with Crippen molar-refractivity contribution in [1.82, 2.24) is 20.1 Å². The Labute approximate surface area is 159 Å². The summed E-state index contributed by atoms with van der Waals surface area (Å²) in [6.45, 7) is 3.67. The van der Waals surface area contributed by atoms with Crippen LogP contribution in [-0.2, 0) is 6.54 Å². The first-order chi connectivity index (χ1) is 13.2. The molecule has 3 N–H and O–H groups in total. The van der Waals surface area contributed by atoms with Crippen molar-refractivity contribution in [3.05, 3.63) is 54.4 Å². The first-order valence-electron chi connectivity index (χ1n) is 9.38. The number of aliphatic hydroxyl groups is 1. The van der Waals surface area contributed by atoms with Gasteiger partial charge in [0.1, 0.15) is 0 Å². The zero-order valence-electron chi connectivity index (χ0n) is 15.2. The molecule has 2 aromatic rings. The average Bonchev–Trinajstić information content (AvgIpc) is 3.07. The lowest BCUT2D eigenvalue weighted by atomic mass is 10.1. The third-order valence-corrected chi connectivity index (χ3v) is 5.23. The quantitative estimate of drug-likeness (QED) is 0.751. The number of carbonyl (C=O) groups is 1. The number of benzene rings is 1. The van der Waals surface area contributed by atoms with Gasteiger partial charge in [-0.25, -0.2) is 4.79 Å². The van der Waals surface area contributed by atoms with Crippen molar-refractivity contribution in [2.45, 2.75) is 25.1 Å². The molecule has 4 rings (SSSR count). The first kappa shape index (κ1) is 17.8. The van der Waals surface area contributed by atoms with E-state index >= 15 is 0 Å². The van der Waals surface area contributed by atoms with Crippen molar-refractivity contribution in [2.75, 3.05) is 31.5 Å². The highest BCUT2D eigenvalue weighted by Gasteiger charge is 2.37. The van der Waals surface area contributed by atoms with E-state index in [1.807, 2.05) is 41.3 Å². The minimum Gasteiger partial charge on any atom is -0.392 e. The summed E-state index contributed by atoms with van der Waals surface area (Å²) < 4.78 is 0. The molecule has 142 valence electrons. The van der Waals surface area contributed by atoms with Crippen LogP contribution in [0.15, 0.2) is 48.8 Å². The molecule has 2 amide bonds. The molecule has 1 aromatic carbocycles. The molecule has 0 bridgehead atoms. The van der Waals surface area contributed by atoms with E-state index in [-0.39, 0.29) is 12.1 Å². The molecule has 7 heteroatoms. The summed E-state index contributed by atoms with van der Waals surface area (Å²) >= 11 is 0. The highest BCUT2D eigenvalue weighted by molar-refractivity contribution is 5.75. The maximum Gasteiger partial charge on any atom is 0.317 e. The fourth-order valence-electron chi connectivity index (χ4n) is 3.55. The van der Waals surface area contributed by atoms with Gasteiger partial charge in [0.2, 0.25) is 0 Å². The molecular weight excluding hydrogens is 342 g/mol. The van der Waals surface area contributed by atoms with Crippen molar-refractivity contribution >= 4 is 17.4 Å². The number of likely N-dealkylation sites (tertiary alicyclic amines) is 2. The number of anilines is 2. The minimum atomic E-state index is -0.205. The normalized spacial score (nSPS) is 20.3. The van der Waals surface area contributed by atoms with Crippen LogP contribution in [0.4, 0.5) is 16.2 Å². The third kappa shape index (κ3) is 4.37. The van der Waals surface area contributed by atoms with Crippen LogP contribution in [0.5, 0.6) is 0 Å². The second-order valence-corrected chi connectivity index (χ2v) is 7.21. The zero-order chi connectivity index (χ0) is 18.6. The van der Waals surface area contributed by atoms with E-state index in [1.54, 1.807) is 12.4 Å². The number of aromatic nitrogens is 1. The van der Waals surface area contributed by atoms with E-state index in [9.17, 15) is 9.90 Å². The summed E-state index contributed by atoms with van der Waals surface area (Å²) in [5, 5.41) is 15.9. The van der Waals surface area contributed by atoms with Gasteiger partial charge in [-0.05, 0) is 36.2 Å². The molecule has 7 nitrogen and oxygen atoms in total. The van der Waals surface area contributed by atoms with Crippen LogP contribution in [0.1, 0.15) is 12.0 Å². The number of aliphatic hydroxyl groups excluding tert-OH is 1. The van der Waals surface area contributed by atoms with E-state index in [0.29, 0.717) is 12.6 Å².